The zero-order chi connectivity index (χ0) is 44.7. The van der Waals surface area contributed by atoms with E-state index >= 15 is 0 Å². The summed E-state index contributed by atoms with van der Waals surface area (Å²) in [6.45, 7) is 4.98. The molecule has 5 amide bonds. The summed E-state index contributed by atoms with van der Waals surface area (Å²) in [5, 5.41) is 8.05. The Hall–Kier alpha value is -6.72. The SMILES string of the molecule is CCCN(C)C(=O)N(Cc1ccc(-c2nnc(C(F)(F)F)o2)cc1)c1ccccc1.CCCN(C)C(=O)N(Cc1ccc(C(=O)CNC(=O)C(F)(F)F)cc1)c1ccccc1. The van der Waals surface area contributed by atoms with Gasteiger partial charge in [-0.25, -0.2) is 9.59 Å². The highest BCUT2D eigenvalue weighted by molar-refractivity contribution is 6.00. The third-order valence-electron chi connectivity index (χ3n) is 8.86. The fourth-order valence-electron chi connectivity index (χ4n) is 5.76. The van der Waals surface area contributed by atoms with E-state index in [1.165, 1.54) is 12.1 Å². The fraction of sp³-hybridized carbons (Fsp3) is 0.302. The minimum Gasteiger partial charge on any atom is -0.413 e. The van der Waals surface area contributed by atoms with Crippen LogP contribution in [0.4, 0.5) is 47.3 Å². The van der Waals surface area contributed by atoms with Gasteiger partial charge in [-0.05, 0) is 60.4 Å². The Kier molecular flexibility index (Phi) is 16.6. The number of carbonyl (C=O) groups excluding carboxylic acids is 4. The van der Waals surface area contributed by atoms with E-state index in [1.807, 2.05) is 74.5 Å². The summed E-state index contributed by atoms with van der Waals surface area (Å²) in [6.07, 6.45) is -8.08. The number of amides is 5. The lowest BCUT2D eigenvalue weighted by Gasteiger charge is -2.28. The quantitative estimate of drug-likeness (QED) is 0.0871. The summed E-state index contributed by atoms with van der Waals surface area (Å²) in [4.78, 5) is 55.3. The number of urea groups is 2. The van der Waals surface area contributed by atoms with Crippen molar-refractivity contribution in [3.05, 3.63) is 132 Å². The van der Waals surface area contributed by atoms with Gasteiger partial charge >= 0.3 is 36.2 Å². The predicted octanol–water partition coefficient (Wildman–Crippen LogP) is 9.24. The molecule has 0 saturated heterocycles. The largest absolute Gasteiger partial charge is 0.471 e. The third-order valence-corrected chi connectivity index (χ3v) is 8.86. The van der Waals surface area contributed by atoms with Gasteiger partial charge in [-0.2, -0.15) is 26.3 Å². The zero-order valence-corrected chi connectivity index (χ0v) is 33.8. The van der Waals surface area contributed by atoms with Crippen LogP contribution < -0.4 is 15.1 Å². The van der Waals surface area contributed by atoms with E-state index in [0.29, 0.717) is 30.9 Å². The predicted molar refractivity (Wildman–Crippen MR) is 216 cm³/mol. The van der Waals surface area contributed by atoms with Crippen molar-refractivity contribution >= 4 is 35.1 Å². The standard InChI is InChI=1S/C22H24F3N3O3.C21H21F3N4O2/c1-3-13-27(2)21(31)28(18-7-5-4-6-8-18)15-16-9-11-17(12-10-16)19(29)14-26-20(30)22(23,24)25;1-3-13-27(2)20(29)28(17-7-5-4-6-8-17)14-15-9-11-16(12-10-15)18-25-26-19(30-18)21(22,23)24/h4-12H,3,13-15H2,1-2H3,(H,26,30);4-12H,3,13-14H2,1-2H3. The normalized spacial score (nSPS) is 11.2. The van der Waals surface area contributed by atoms with Crippen molar-refractivity contribution in [1.29, 1.82) is 0 Å². The van der Waals surface area contributed by atoms with Crippen molar-refractivity contribution in [2.75, 3.05) is 43.5 Å². The van der Waals surface area contributed by atoms with Gasteiger partial charge in [-0.1, -0.05) is 86.6 Å². The van der Waals surface area contributed by atoms with Crippen molar-refractivity contribution in [2.24, 2.45) is 0 Å². The number of para-hydroxylation sites is 2. The van der Waals surface area contributed by atoms with Crippen LogP contribution in [0.3, 0.4) is 0 Å². The number of aromatic nitrogens is 2. The van der Waals surface area contributed by atoms with E-state index in [4.69, 9.17) is 4.42 Å². The highest BCUT2D eigenvalue weighted by Crippen LogP contribution is 2.30. The molecule has 0 saturated carbocycles. The molecule has 5 aromatic rings. The minimum absolute atomic E-state index is 0.140. The second-order valence-electron chi connectivity index (χ2n) is 13.7. The zero-order valence-electron chi connectivity index (χ0n) is 33.8. The topological polar surface area (TPSA) is 132 Å². The number of hydrogen-bond acceptors (Lipinski definition) is 7. The van der Waals surface area contributed by atoms with E-state index in [-0.39, 0.29) is 30.1 Å². The average molecular weight is 854 g/mol. The molecule has 1 aromatic heterocycles. The Labute approximate surface area is 348 Å². The van der Waals surface area contributed by atoms with E-state index in [1.54, 1.807) is 75.4 Å². The molecular weight excluding hydrogens is 809 g/mol. The maximum atomic E-state index is 12.9. The number of nitrogens with one attached hydrogen (secondary N) is 1. The molecule has 0 unspecified atom stereocenters. The van der Waals surface area contributed by atoms with Crippen LogP contribution in [0.25, 0.3) is 11.5 Å². The fourth-order valence-corrected chi connectivity index (χ4v) is 5.76. The summed E-state index contributed by atoms with van der Waals surface area (Å²) >= 11 is 0. The maximum absolute atomic E-state index is 12.9. The van der Waals surface area contributed by atoms with Crippen molar-refractivity contribution < 1.29 is 49.9 Å². The van der Waals surface area contributed by atoms with Gasteiger partial charge in [0.2, 0.25) is 5.89 Å². The summed E-state index contributed by atoms with van der Waals surface area (Å²) in [6, 6.07) is 30.9. The highest BCUT2D eigenvalue weighted by atomic mass is 19.4. The minimum atomic E-state index is -5.04. The van der Waals surface area contributed by atoms with E-state index in [0.717, 1.165) is 29.7 Å². The lowest BCUT2D eigenvalue weighted by molar-refractivity contribution is -0.173. The van der Waals surface area contributed by atoms with Gasteiger partial charge in [0.1, 0.15) is 0 Å². The van der Waals surface area contributed by atoms with Crippen LogP contribution in [0.15, 0.2) is 114 Å². The number of carbonyl (C=O) groups is 4. The third kappa shape index (κ3) is 13.7. The summed E-state index contributed by atoms with van der Waals surface area (Å²) in [5.41, 5.74) is 3.52. The van der Waals surface area contributed by atoms with Crippen molar-refractivity contribution in [3.8, 4) is 11.5 Å². The molecule has 0 spiro atoms. The smallest absolute Gasteiger partial charge is 0.413 e. The summed E-state index contributed by atoms with van der Waals surface area (Å²) in [7, 11) is 3.47. The molecule has 0 bridgehead atoms. The van der Waals surface area contributed by atoms with Crippen LogP contribution in [-0.2, 0) is 24.1 Å². The molecule has 0 radical (unpaired) electrons. The lowest BCUT2D eigenvalue weighted by Crippen LogP contribution is -2.41. The Balaban J connectivity index is 0.000000269. The number of nitrogens with zero attached hydrogens (tertiary/aromatic N) is 6. The summed E-state index contributed by atoms with van der Waals surface area (Å²) < 4.78 is 79.3. The molecule has 0 aliphatic heterocycles. The first kappa shape index (κ1) is 47.0. The molecule has 12 nitrogen and oxygen atoms in total. The lowest BCUT2D eigenvalue weighted by atomic mass is 10.1. The molecule has 18 heteroatoms. The van der Waals surface area contributed by atoms with Crippen LogP contribution in [-0.4, -0.2) is 83.7 Å². The monoisotopic (exact) mass is 853 g/mol. The van der Waals surface area contributed by atoms with Gasteiger partial charge in [0.15, 0.2) is 5.78 Å². The molecule has 0 aliphatic rings. The number of rotatable bonds is 14. The van der Waals surface area contributed by atoms with Gasteiger partial charge in [0, 0.05) is 49.7 Å². The molecular formula is C43H45F6N7O5. The molecule has 1 heterocycles. The van der Waals surface area contributed by atoms with Gasteiger partial charge in [0.05, 0.1) is 19.6 Å². The van der Waals surface area contributed by atoms with Gasteiger partial charge in [-0.3, -0.25) is 19.4 Å². The first-order valence-corrected chi connectivity index (χ1v) is 19.0. The van der Waals surface area contributed by atoms with Crippen LogP contribution in [0.5, 0.6) is 0 Å². The molecule has 1 N–H and O–H groups in total. The van der Waals surface area contributed by atoms with Crippen molar-refractivity contribution in [3.63, 3.8) is 0 Å². The van der Waals surface area contributed by atoms with Crippen LogP contribution in [0.1, 0.15) is 54.1 Å². The average Bonchev–Trinajstić information content (AvgIpc) is 3.76. The Morgan fingerprint density at radius 3 is 1.46 bits per heavy atom. The number of ketones is 1. The van der Waals surface area contributed by atoms with Gasteiger partial charge in [0.25, 0.3) is 0 Å². The molecule has 0 atom stereocenters. The number of Topliss-reactive ketones (excluding diaryl/α,β-unsaturated/α-hetero) is 1. The molecule has 61 heavy (non-hydrogen) atoms. The summed E-state index contributed by atoms with van der Waals surface area (Å²) in [5.74, 6) is -4.41. The highest BCUT2D eigenvalue weighted by Gasteiger charge is 2.39. The molecule has 0 fully saturated rings. The number of anilines is 2. The van der Waals surface area contributed by atoms with E-state index in [9.17, 15) is 45.5 Å². The van der Waals surface area contributed by atoms with Crippen LogP contribution >= 0.6 is 0 Å². The Morgan fingerprint density at radius 1 is 0.623 bits per heavy atom. The number of halogens is 6. The van der Waals surface area contributed by atoms with E-state index < -0.39 is 36.5 Å². The molecule has 0 aliphatic carbocycles. The second-order valence-corrected chi connectivity index (χ2v) is 13.7. The molecule has 324 valence electrons. The van der Waals surface area contributed by atoms with Gasteiger partial charge in [-0.15, -0.1) is 10.2 Å². The number of hydrogen-bond donors (Lipinski definition) is 1. The molecule has 4 aromatic carbocycles. The van der Waals surface area contributed by atoms with Crippen LogP contribution in [0, 0.1) is 0 Å². The van der Waals surface area contributed by atoms with Crippen molar-refractivity contribution in [1.82, 2.24) is 25.3 Å². The van der Waals surface area contributed by atoms with Crippen LogP contribution in [0.2, 0.25) is 0 Å². The first-order chi connectivity index (χ1) is 28.9. The van der Waals surface area contributed by atoms with Gasteiger partial charge < -0.3 is 19.5 Å². The Bertz CT molecular complexity index is 2180. The molecule has 5 rings (SSSR count). The van der Waals surface area contributed by atoms with E-state index in [2.05, 4.69) is 10.2 Å². The second kappa shape index (κ2) is 21.5. The first-order valence-electron chi connectivity index (χ1n) is 19.0. The Morgan fingerprint density at radius 2 is 1.07 bits per heavy atom. The number of alkyl halides is 6. The maximum Gasteiger partial charge on any atom is 0.471 e. The number of benzene rings is 4. The van der Waals surface area contributed by atoms with Crippen molar-refractivity contribution in [2.45, 2.75) is 52.1 Å².